The minimum atomic E-state index is -0.281. The summed E-state index contributed by atoms with van der Waals surface area (Å²) in [5.74, 6) is 0.405. The van der Waals surface area contributed by atoms with E-state index < -0.39 is 0 Å². The van der Waals surface area contributed by atoms with Crippen molar-refractivity contribution in [2.45, 2.75) is 32.9 Å². The number of imidazole rings is 1. The highest BCUT2D eigenvalue weighted by Crippen LogP contribution is 2.14. The van der Waals surface area contributed by atoms with Gasteiger partial charge in [-0.05, 0) is 38.5 Å². The van der Waals surface area contributed by atoms with E-state index in [2.05, 4.69) is 41.4 Å². The molecule has 0 amide bonds. The summed E-state index contributed by atoms with van der Waals surface area (Å²) >= 11 is 0. The highest BCUT2D eigenvalue weighted by Gasteiger charge is 2.12. The number of nitrogens with one attached hydrogen (secondary N) is 2. The van der Waals surface area contributed by atoms with Crippen LogP contribution in [-0.2, 0) is 6.54 Å². The maximum atomic E-state index is 14.2. The zero-order chi connectivity index (χ0) is 16.2. The van der Waals surface area contributed by atoms with Crippen LogP contribution in [0.5, 0.6) is 0 Å². The van der Waals surface area contributed by atoms with Crippen molar-refractivity contribution in [1.29, 1.82) is 0 Å². The van der Waals surface area contributed by atoms with Gasteiger partial charge in [0.25, 0.3) is 0 Å². The monoisotopic (exact) mass is 431 g/mol. The van der Waals surface area contributed by atoms with Crippen molar-refractivity contribution >= 4 is 29.9 Å². The average molecular weight is 431 g/mol. The molecule has 2 aromatic rings. The smallest absolute Gasteiger partial charge is 0.191 e. The van der Waals surface area contributed by atoms with Crippen LogP contribution in [0.3, 0.4) is 0 Å². The van der Waals surface area contributed by atoms with E-state index in [1.807, 2.05) is 6.07 Å². The zero-order valence-electron chi connectivity index (χ0n) is 13.8. The predicted molar refractivity (Wildman–Crippen MR) is 102 cm³/mol. The van der Waals surface area contributed by atoms with Crippen molar-refractivity contribution in [3.63, 3.8) is 0 Å². The van der Waals surface area contributed by atoms with Crippen LogP contribution in [0.2, 0.25) is 0 Å². The minimum Gasteiger partial charge on any atom is -0.352 e. The van der Waals surface area contributed by atoms with Crippen LogP contribution in [0.25, 0.3) is 5.69 Å². The Morgan fingerprint density at radius 2 is 2.09 bits per heavy atom. The fourth-order valence-electron chi connectivity index (χ4n) is 1.99. The summed E-state index contributed by atoms with van der Waals surface area (Å²) in [4.78, 5) is 8.08. The molecule has 0 aliphatic carbocycles. The van der Waals surface area contributed by atoms with E-state index in [1.165, 1.54) is 6.07 Å². The van der Waals surface area contributed by atoms with Crippen molar-refractivity contribution in [3.05, 3.63) is 48.3 Å². The Bertz CT molecular complexity index is 647. The molecular formula is C16H23FIN5. The second-order valence-electron chi connectivity index (χ2n) is 6.06. The van der Waals surface area contributed by atoms with E-state index in [1.54, 1.807) is 36.4 Å². The fourth-order valence-corrected chi connectivity index (χ4v) is 1.99. The van der Waals surface area contributed by atoms with E-state index in [-0.39, 0.29) is 35.3 Å². The Hall–Kier alpha value is -1.64. The van der Waals surface area contributed by atoms with Crippen LogP contribution in [-0.4, -0.2) is 28.1 Å². The Morgan fingerprint density at radius 3 is 2.61 bits per heavy atom. The van der Waals surface area contributed by atoms with E-state index in [0.717, 1.165) is 5.56 Å². The van der Waals surface area contributed by atoms with Crippen LogP contribution in [0.4, 0.5) is 4.39 Å². The van der Waals surface area contributed by atoms with Crippen molar-refractivity contribution in [2.75, 3.05) is 7.05 Å². The van der Waals surface area contributed by atoms with Gasteiger partial charge in [0.15, 0.2) is 5.96 Å². The summed E-state index contributed by atoms with van der Waals surface area (Å²) < 4.78 is 15.8. The summed E-state index contributed by atoms with van der Waals surface area (Å²) in [7, 11) is 1.71. The molecule has 126 valence electrons. The molecule has 0 radical (unpaired) electrons. The molecule has 2 rings (SSSR count). The molecule has 1 aromatic carbocycles. The van der Waals surface area contributed by atoms with Gasteiger partial charge in [0.05, 0.1) is 12.0 Å². The first-order valence-electron chi connectivity index (χ1n) is 7.14. The average Bonchev–Trinajstić information content (AvgIpc) is 2.96. The SMILES string of the molecule is CN=C(NCc1ccc(-n2ccnc2)c(F)c1)NC(C)(C)C.I. The van der Waals surface area contributed by atoms with E-state index >= 15 is 0 Å². The number of halogens is 2. The van der Waals surface area contributed by atoms with Gasteiger partial charge in [0.2, 0.25) is 0 Å². The molecule has 7 heteroatoms. The Morgan fingerprint density at radius 1 is 1.35 bits per heavy atom. The van der Waals surface area contributed by atoms with Crippen LogP contribution < -0.4 is 10.6 Å². The van der Waals surface area contributed by atoms with E-state index in [4.69, 9.17) is 0 Å². The van der Waals surface area contributed by atoms with Gasteiger partial charge in [-0.3, -0.25) is 4.99 Å². The molecule has 0 saturated carbocycles. The number of benzene rings is 1. The van der Waals surface area contributed by atoms with Gasteiger partial charge < -0.3 is 15.2 Å². The quantitative estimate of drug-likeness (QED) is 0.446. The molecule has 0 fully saturated rings. The maximum absolute atomic E-state index is 14.2. The summed E-state index contributed by atoms with van der Waals surface area (Å²) in [6.07, 6.45) is 4.91. The number of hydrogen-bond donors (Lipinski definition) is 2. The third-order valence-electron chi connectivity index (χ3n) is 2.97. The highest BCUT2D eigenvalue weighted by molar-refractivity contribution is 14.0. The molecule has 23 heavy (non-hydrogen) atoms. The maximum Gasteiger partial charge on any atom is 0.191 e. The third kappa shape index (κ3) is 5.81. The van der Waals surface area contributed by atoms with Crippen molar-refractivity contribution in [2.24, 2.45) is 4.99 Å². The van der Waals surface area contributed by atoms with Gasteiger partial charge in [-0.25, -0.2) is 9.37 Å². The highest BCUT2D eigenvalue weighted by atomic mass is 127. The van der Waals surface area contributed by atoms with E-state index in [0.29, 0.717) is 18.2 Å². The molecule has 2 N–H and O–H groups in total. The number of guanidine groups is 1. The van der Waals surface area contributed by atoms with Crippen molar-refractivity contribution in [3.8, 4) is 5.69 Å². The third-order valence-corrected chi connectivity index (χ3v) is 2.97. The van der Waals surface area contributed by atoms with Gasteiger partial charge in [-0.2, -0.15) is 0 Å². The summed E-state index contributed by atoms with van der Waals surface area (Å²) in [6.45, 7) is 6.66. The van der Waals surface area contributed by atoms with Gasteiger partial charge in [0.1, 0.15) is 5.82 Å². The van der Waals surface area contributed by atoms with Gasteiger partial charge in [0, 0.05) is 31.5 Å². The lowest BCUT2D eigenvalue weighted by Gasteiger charge is -2.23. The molecule has 0 unspecified atom stereocenters. The topological polar surface area (TPSA) is 54.2 Å². The first-order chi connectivity index (χ1) is 10.4. The largest absolute Gasteiger partial charge is 0.352 e. The first-order valence-corrected chi connectivity index (χ1v) is 7.14. The number of nitrogens with zero attached hydrogens (tertiary/aromatic N) is 3. The molecule has 0 aliphatic rings. The lowest BCUT2D eigenvalue weighted by Crippen LogP contribution is -2.47. The molecule has 1 heterocycles. The lowest BCUT2D eigenvalue weighted by molar-refractivity contribution is 0.501. The van der Waals surface area contributed by atoms with Crippen LogP contribution >= 0.6 is 24.0 Å². The Kier molecular flexibility index (Phi) is 6.99. The van der Waals surface area contributed by atoms with Crippen molar-refractivity contribution < 1.29 is 4.39 Å². The number of aliphatic imine (C=N–C) groups is 1. The molecule has 1 aromatic heterocycles. The van der Waals surface area contributed by atoms with Crippen LogP contribution in [0.1, 0.15) is 26.3 Å². The van der Waals surface area contributed by atoms with E-state index in [9.17, 15) is 4.39 Å². The fraction of sp³-hybridized carbons (Fsp3) is 0.375. The van der Waals surface area contributed by atoms with Crippen molar-refractivity contribution in [1.82, 2.24) is 20.2 Å². The van der Waals surface area contributed by atoms with Gasteiger partial charge >= 0.3 is 0 Å². The zero-order valence-corrected chi connectivity index (χ0v) is 16.1. The Balaban J connectivity index is 0.00000264. The number of aromatic nitrogens is 2. The molecule has 0 bridgehead atoms. The molecule has 0 atom stereocenters. The van der Waals surface area contributed by atoms with Gasteiger partial charge in [-0.1, -0.05) is 6.07 Å². The standard InChI is InChI=1S/C16H22FN5.HI/c1-16(2,3)21-15(18-4)20-10-12-5-6-14(13(17)9-12)22-8-7-19-11-22;/h5-9,11H,10H2,1-4H3,(H2,18,20,21);1H. The lowest BCUT2D eigenvalue weighted by atomic mass is 10.1. The predicted octanol–water partition coefficient (Wildman–Crippen LogP) is 3.09. The minimum absolute atomic E-state index is 0. The van der Waals surface area contributed by atoms with Crippen LogP contribution in [0, 0.1) is 5.82 Å². The second-order valence-corrected chi connectivity index (χ2v) is 6.06. The number of rotatable bonds is 3. The summed E-state index contributed by atoms with van der Waals surface area (Å²) in [6, 6.07) is 5.15. The molecular weight excluding hydrogens is 408 g/mol. The number of hydrogen-bond acceptors (Lipinski definition) is 2. The molecule has 0 saturated heterocycles. The first kappa shape index (κ1) is 19.4. The Labute approximate surface area is 153 Å². The second kappa shape index (κ2) is 8.28. The molecule has 5 nitrogen and oxygen atoms in total. The summed E-state index contributed by atoms with van der Waals surface area (Å²) in [5.41, 5.74) is 1.25. The normalized spacial score (nSPS) is 11.8. The van der Waals surface area contributed by atoms with Gasteiger partial charge in [-0.15, -0.1) is 24.0 Å². The molecule has 0 spiro atoms. The summed E-state index contributed by atoms with van der Waals surface area (Å²) in [5, 5.41) is 6.43. The van der Waals surface area contributed by atoms with Crippen LogP contribution in [0.15, 0.2) is 41.9 Å². The molecule has 0 aliphatic heterocycles.